The highest BCUT2D eigenvalue weighted by molar-refractivity contribution is 6.58. The predicted octanol–water partition coefficient (Wildman–Crippen LogP) is 5.80. The summed E-state index contributed by atoms with van der Waals surface area (Å²) in [6, 6.07) is 33.3. The molecule has 4 heteroatoms. The quantitative estimate of drug-likeness (QED) is 0.350. The molecule has 0 radical (unpaired) electrons. The lowest BCUT2D eigenvalue weighted by Crippen LogP contribution is -2.29. The molecular weight excluding hydrogens is 393 g/mol. The third-order valence-corrected chi connectivity index (χ3v) is 5.95. The van der Waals surface area contributed by atoms with Crippen molar-refractivity contribution in [1.29, 1.82) is 0 Å². The topological polar surface area (TPSA) is 45.4 Å². The van der Waals surface area contributed by atoms with Crippen LogP contribution in [-0.4, -0.2) is 21.7 Å². The second kappa shape index (κ2) is 8.15. The van der Waals surface area contributed by atoms with Crippen molar-refractivity contribution in [1.82, 2.24) is 4.57 Å². The third kappa shape index (κ3) is 3.25. The molecule has 0 atom stereocenters. The standard InChI is InChI=1S/C26H18BNO2.C2H6/c29-27(30)21-9-11-22(12-10-21)28-25-15-19-7-3-1-5-17(19)13-23(25)24-14-18-6-2-4-8-20(18)16-26(24)28;1-2/h1-16,29-30H;1-2H3. The van der Waals surface area contributed by atoms with E-state index in [0.29, 0.717) is 5.46 Å². The molecule has 0 saturated carbocycles. The largest absolute Gasteiger partial charge is 0.488 e. The molecule has 6 aromatic rings. The van der Waals surface area contributed by atoms with Gasteiger partial charge < -0.3 is 14.6 Å². The fourth-order valence-corrected chi connectivity index (χ4v) is 4.46. The summed E-state index contributed by atoms with van der Waals surface area (Å²) in [6.45, 7) is 4.00. The van der Waals surface area contributed by atoms with Gasteiger partial charge >= 0.3 is 7.12 Å². The zero-order valence-electron chi connectivity index (χ0n) is 18.2. The summed E-state index contributed by atoms with van der Waals surface area (Å²) in [6.07, 6.45) is 0. The van der Waals surface area contributed by atoms with E-state index in [4.69, 9.17) is 0 Å². The van der Waals surface area contributed by atoms with Crippen LogP contribution >= 0.6 is 0 Å². The van der Waals surface area contributed by atoms with Crippen LogP contribution < -0.4 is 5.46 Å². The number of fused-ring (bicyclic) bond motifs is 5. The summed E-state index contributed by atoms with van der Waals surface area (Å²) >= 11 is 0. The van der Waals surface area contributed by atoms with Gasteiger partial charge in [-0.25, -0.2) is 0 Å². The molecule has 0 unspecified atom stereocenters. The summed E-state index contributed by atoms with van der Waals surface area (Å²) in [5, 5.41) is 26.2. The van der Waals surface area contributed by atoms with Crippen molar-refractivity contribution in [3.05, 3.63) is 97.1 Å². The van der Waals surface area contributed by atoms with Crippen LogP contribution in [0.25, 0.3) is 49.0 Å². The van der Waals surface area contributed by atoms with E-state index < -0.39 is 7.12 Å². The van der Waals surface area contributed by atoms with Crippen LogP contribution in [0, 0.1) is 0 Å². The Bertz CT molecular complexity index is 1470. The van der Waals surface area contributed by atoms with Gasteiger partial charge in [0.05, 0.1) is 11.0 Å². The number of aromatic nitrogens is 1. The van der Waals surface area contributed by atoms with Gasteiger partial charge in [0, 0.05) is 16.5 Å². The van der Waals surface area contributed by atoms with Crippen LogP contribution in [0.2, 0.25) is 0 Å². The lowest BCUT2D eigenvalue weighted by Gasteiger charge is -2.10. The molecule has 0 bridgehead atoms. The molecule has 1 heterocycles. The van der Waals surface area contributed by atoms with Gasteiger partial charge in [-0.15, -0.1) is 0 Å². The zero-order chi connectivity index (χ0) is 22.2. The van der Waals surface area contributed by atoms with Gasteiger partial charge in [-0.1, -0.05) is 74.5 Å². The number of hydrogen-bond donors (Lipinski definition) is 2. The average molecular weight is 417 g/mol. The van der Waals surface area contributed by atoms with Crippen LogP contribution in [-0.2, 0) is 0 Å². The predicted molar refractivity (Wildman–Crippen MR) is 137 cm³/mol. The normalized spacial score (nSPS) is 11.1. The monoisotopic (exact) mass is 417 g/mol. The van der Waals surface area contributed by atoms with Crippen molar-refractivity contribution in [3.8, 4) is 5.69 Å². The molecular formula is C28H24BNO2. The van der Waals surface area contributed by atoms with Crippen LogP contribution in [0.4, 0.5) is 0 Å². The SMILES string of the molecule is CC.OB(O)c1ccc(-n2c3cc4ccccc4cc3c3cc4ccccc4cc32)cc1. The lowest BCUT2D eigenvalue weighted by molar-refractivity contribution is 0.426. The number of benzene rings is 5. The van der Waals surface area contributed by atoms with Crippen molar-refractivity contribution >= 4 is 55.9 Å². The van der Waals surface area contributed by atoms with Crippen LogP contribution in [0.1, 0.15) is 13.8 Å². The molecule has 2 N–H and O–H groups in total. The van der Waals surface area contributed by atoms with E-state index in [1.165, 1.54) is 32.3 Å². The Kier molecular flexibility index (Phi) is 5.18. The van der Waals surface area contributed by atoms with Crippen LogP contribution in [0.5, 0.6) is 0 Å². The molecule has 0 saturated heterocycles. The zero-order valence-corrected chi connectivity index (χ0v) is 18.2. The molecule has 0 spiro atoms. The Morgan fingerprint density at radius 1 is 0.562 bits per heavy atom. The summed E-state index contributed by atoms with van der Waals surface area (Å²) in [7, 11) is -1.47. The average Bonchev–Trinajstić information content (AvgIpc) is 3.14. The van der Waals surface area contributed by atoms with Crippen molar-refractivity contribution in [2.45, 2.75) is 13.8 Å². The van der Waals surface area contributed by atoms with Crippen molar-refractivity contribution in [3.63, 3.8) is 0 Å². The van der Waals surface area contributed by atoms with Crippen molar-refractivity contribution in [2.75, 3.05) is 0 Å². The van der Waals surface area contributed by atoms with Gasteiger partial charge in [0.2, 0.25) is 0 Å². The minimum atomic E-state index is -1.47. The van der Waals surface area contributed by atoms with Gasteiger partial charge in [0.15, 0.2) is 0 Å². The van der Waals surface area contributed by atoms with Gasteiger partial charge in [0.1, 0.15) is 0 Å². The molecule has 6 rings (SSSR count). The van der Waals surface area contributed by atoms with E-state index in [0.717, 1.165) is 16.7 Å². The maximum atomic E-state index is 9.47. The minimum Gasteiger partial charge on any atom is -0.423 e. The Labute approximate surface area is 187 Å². The van der Waals surface area contributed by atoms with E-state index in [-0.39, 0.29) is 0 Å². The fraction of sp³-hybridized carbons (Fsp3) is 0.0714. The molecule has 156 valence electrons. The summed E-state index contributed by atoms with van der Waals surface area (Å²) in [4.78, 5) is 0. The maximum Gasteiger partial charge on any atom is 0.488 e. The highest BCUT2D eigenvalue weighted by atomic mass is 16.4. The third-order valence-electron chi connectivity index (χ3n) is 5.95. The highest BCUT2D eigenvalue weighted by Gasteiger charge is 2.16. The Balaban J connectivity index is 0.00000105. The van der Waals surface area contributed by atoms with Crippen molar-refractivity contribution < 1.29 is 10.0 Å². The Morgan fingerprint density at radius 3 is 1.38 bits per heavy atom. The van der Waals surface area contributed by atoms with E-state index >= 15 is 0 Å². The summed E-state index contributed by atoms with van der Waals surface area (Å²) < 4.78 is 2.26. The Hall–Kier alpha value is -3.60. The first-order valence-electron chi connectivity index (χ1n) is 11.0. The van der Waals surface area contributed by atoms with Crippen molar-refractivity contribution in [2.24, 2.45) is 0 Å². The first-order valence-corrected chi connectivity index (χ1v) is 11.0. The second-order valence-electron chi connectivity index (χ2n) is 7.73. The Morgan fingerprint density at radius 2 is 0.969 bits per heavy atom. The second-order valence-corrected chi connectivity index (χ2v) is 7.73. The molecule has 0 aliphatic heterocycles. The minimum absolute atomic E-state index is 0.482. The fourth-order valence-electron chi connectivity index (χ4n) is 4.46. The van der Waals surface area contributed by atoms with E-state index in [2.05, 4.69) is 77.4 Å². The first-order chi connectivity index (χ1) is 15.7. The van der Waals surface area contributed by atoms with E-state index in [1.54, 1.807) is 12.1 Å². The molecule has 0 aliphatic rings. The first kappa shape index (κ1) is 20.3. The van der Waals surface area contributed by atoms with Gasteiger partial charge in [0.25, 0.3) is 0 Å². The van der Waals surface area contributed by atoms with Gasteiger partial charge in [-0.2, -0.15) is 0 Å². The van der Waals surface area contributed by atoms with E-state index in [1.807, 2.05) is 26.0 Å². The maximum absolute atomic E-state index is 9.47. The molecule has 1 aromatic heterocycles. The molecule has 5 aromatic carbocycles. The number of hydrogen-bond acceptors (Lipinski definition) is 2. The molecule has 32 heavy (non-hydrogen) atoms. The van der Waals surface area contributed by atoms with Gasteiger partial charge in [-0.3, -0.25) is 0 Å². The smallest absolute Gasteiger partial charge is 0.423 e. The van der Waals surface area contributed by atoms with E-state index in [9.17, 15) is 10.0 Å². The molecule has 0 amide bonds. The highest BCUT2D eigenvalue weighted by Crippen LogP contribution is 2.36. The van der Waals surface area contributed by atoms with Crippen LogP contribution in [0.15, 0.2) is 97.1 Å². The molecule has 3 nitrogen and oxygen atoms in total. The summed E-state index contributed by atoms with van der Waals surface area (Å²) in [5.74, 6) is 0. The molecule has 0 aliphatic carbocycles. The lowest BCUT2D eigenvalue weighted by atomic mass is 9.80. The molecule has 0 fully saturated rings. The van der Waals surface area contributed by atoms with Gasteiger partial charge in [-0.05, 0) is 63.4 Å². The number of nitrogens with zero attached hydrogens (tertiary/aromatic N) is 1. The summed E-state index contributed by atoms with van der Waals surface area (Å²) in [5.41, 5.74) is 3.74. The van der Waals surface area contributed by atoms with Crippen LogP contribution in [0.3, 0.4) is 0 Å². The number of rotatable bonds is 2.